The van der Waals surface area contributed by atoms with E-state index in [2.05, 4.69) is 4.98 Å². The molecule has 198 valence electrons. The second-order valence-electron chi connectivity index (χ2n) is 8.22. The van der Waals surface area contributed by atoms with E-state index in [-0.39, 0.29) is 13.1 Å². The third-order valence-electron chi connectivity index (χ3n) is 5.60. The summed E-state index contributed by atoms with van der Waals surface area (Å²) in [5.74, 6) is 2.49. The van der Waals surface area contributed by atoms with Crippen molar-refractivity contribution in [2.75, 3.05) is 27.4 Å². The van der Waals surface area contributed by atoms with Crippen LogP contribution in [-0.4, -0.2) is 49.3 Å². The summed E-state index contributed by atoms with van der Waals surface area (Å²) in [6, 6.07) is 17.8. The molecule has 4 rings (SSSR count). The SMILES string of the molecule is COC(=O)CN(Cc1ccc(OCCc2nc(-c3cccs3)oc2C)cc1)C(=O)Oc1ccc(OC)cc1. The van der Waals surface area contributed by atoms with Crippen molar-refractivity contribution in [3.8, 4) is 28.0 Å². The lowest BCUT2D eigenvalue weighted by Crippen LogP contribution is -2.37. The molecule has 2 aromatic carbocycles. The number of carbonyl (C=O) groups excluding carboxylic acids is 2. The summed E-state index contributed by atoms with van der Waals surface area (Å²) in [4.78, 5) is 31.6. The van der Waals surface area contributed by atoms with Crippen molar-refractivity contribution in [1.29, 1.82) is 0 Å². The lowest BCUT2D eigenvalue weighted by Gasteiger charge is -2.21. The van der Waals surface area contributed by atoms with Gasteiger partial charge in [-0.25, -0.2) is 9.78 Å². The van der Waals surface area contributed by atoms with E-state index in [1.165, 1.54) is 12.0 Å². The Hall–Kier alpha value is -4.31. The van der Waals surface area contributed by atoms with E-state index in [0.717, 1.165) is 21.9 Å². The molecule has 2 heterocycles. The van der Waals surface area contributed by atoms with E-state index in [4.69, 9.17) is 23.4 Å². The fourth-order valence-electron chi connectivity index (χ4n) is 3.56. The Morgan fingerprint density at radius 1 is 0.974 bits per heavy atom. The smallest absolute Gasteiger partial charge is 0.416 e. The van der Waals surface area contributed by atoms with Crippen LogP contribution in [0.3, 0.4) is 0 Å². The maximum Gasteiger partial charge on any atom is 0.416 e. The van der Waals surface area contributed by atoms with Gasteiger partial charge >= 0.3 is 12.1 Å². The van der Waals surface area contributed by atoms with Crippen molar-refractivity contribution in [1.82, 2.24) is 9.88 Å². The van der Waals surface area contributed by atoms with Crippen LogP contribution in [-0.2, 0) is 22.5 Å². The Kier molecular flexibility index (Phi) is 8.99. The molecule has 0 saturated heterocycles. The summed E-state index contributed by atoms with van der Waals surface area (Å²) in [7, 11) is 2.82. The van der Waals surface area contributed by atoms with Crippen molar-refractivity contribution in [2.24, 2.45) is 0 Å². The van der Waals surface area contributed by atoms with Gasteiger partial charge in [-0.2, -0.15) is 0 Å². The second-order valence-corrected chi connectivity index (χ2v) is 9.16. The van der Waals surface area contributed by atoms with Gasteiger partial charge in [0.15, 0.2) is 0 Å². The van der Waals surface area contributed by atoms with E-state index in [0.29, 0.717) is 36.2 Å². The number of nitrogens with zero attached hydrogens (tertiary/aromatic N) is 2. The van der Waals surface area contributed by atoms with Gasteiger partial charge in [-0.15, -0.1) is 11.3 Å². The van der Waals surface area contributed by atoms with Crippen LogP contribution in [0.15, 0.2) is 70.5 Å². The Labute approximate surface area is 224 Å². The number of methoxy groups -OCH3 is 2. The molecule has 0 aliphatic carbocycles. The molecule has 9 nitrogen and oxygen atoms in total. The number of ether oxygens (including phenoxy) is 4. The average molecular weight is 537 g/mol. The first-order chi connectivity index (χ1) is 18.4. The van der Waals surface area contributed by atoms with E-state index < -0.39 is 12.1 Å². The Morgan fingerprint density at radius 2 is 1.68 bits per heavy atom. The van der Waals surface area contributed by atoms with Crippen molar-refractivity contribution in [3.05, 3.63) is 83.1 Å². The van der Waals surface area contributed by atoms with Crippen LogP contribution >= 0.6 is 11.3 Å². The molecule has 0 saturated carbocycles. The van der Waals surface area contributed by atoms with E-state index in [1.54, 1.807) is 42.7 Å². The molecule has 0 spiro atoms. The summed E-state index contributed by atoms with van der Waals surface area (Å²) >= 11 is 1.58. The number of aromatic nitrogens is 1. The minimum Gasteiger partial charge on any atom is -0.497 e. The van der Waals surface area contributed by atoms with Crippen LogP contribution in [0.4, 0.5) is 4.79 Å². The highest BCUT2D eigenvalue weighted by Crippen LogP contribution is 2.26. The molecule has 38 heavy (non-hydrogen) atoms. The van der Waals surface area contributed by atoms with Gasteiger partial charge in [-0.3, -0.25) is 9.69 Å². The largest absolute Gasteiger partial charge is 0.497 e. The predicted molar refractivity (Wildman–Crippen MR) is 142 cm³/mol. The maximum atomic E-state index is 12.8. The number of rotatable bonds is 11. The summed E-state index contributed by atoms with van der Waals surface area (Å²) in [5.41, 5.74) is 1.65. The molecule has 0 aliphatic rings. The molecule has 1 amide bonds. The molecule has 0 radical (unpaired) electrons. The zero-order valence-corrected chi connectivity index (χ0v) is 22.2. The Balaban J connectivity index is 1.33. The first kappa shape index (κ1) is 26.7. The second kappa shape index (κ2) is 12.8. The number of esters is 1. The first-order valence-electron chi connectivity index (χ1n) is 11.8. The normalized spacial score (nSPS) is 10.6. The molecule has 0 bridgehead atoms. The number of hydrogen-bond acceptors (Lipinski definition) is 9. The molecular formula is C28H28N2O7S. The highest BCUT2D eigenvalue weighted by Gasteiger charge is 2.20. The zero-order chi connectivity index (χ0) is 26.9. The maximum absolute atomic E-state index is 12.8. The molecule has 4 aromatic rings. The van der Waals surface area contributed by atoms with Crippen LogP contribution in [0, 0.1) is 6.92 Å². The molecule has 0 N–H and O–H groups in total. The summed E-state index contributed by atoms with van der Waals surface area (Å²) in [6.45, 7) is 2.22. The quantitative estimate of drug-likeness (QED) is 0.231. The highest BCUT2D eigenvalue weighted by molar-refractivity contribution is 7.13. The molecule has 2 aromatic heterocycles. The fourth-order valence-corrected chi connectivity index (χ4v) is 4.21. The molecular weight excluding hydrogens is 508 g/mol. The number of oxazole rings is 1. The van der Waals surface area contributed by atoms with Gasteiger partial charge in [0.05, 0.1) is 31.4 Å². The first-order valence-corrected chi connectivity index (χ1v) is 12.7. The van der Waals surface area contributed by atoms with Crippen LogP contribution in [0.2, 0.25) is 0 Å². The van der Waals surface area contributed by atoms with Gasteiger partial charge in [0.2, 0.25) is 5.89 Å². The molecule has 0 atom stereocenters. The third-order valence-corrected chi connectivity index (χ3v) is 6.46. The number of carbonyl (C=O) groups is 2. The zero-order valence-electron chi connectivity index (χ0n) is 21.3. The summed E-state index contributed by atoms with van der Waals surface area (Å²) < 4.78 is 27.0. The predicted octanol–water partition coefficient (Wildman–Crippen LogP) is 5.52. The van der Waals surface area contributed by atoms with Gasteiger partial charge in [0.25, 0.3) is 0 Å². The van der Waals surface area contributed by atoms with Gasteiger partial charge < -0.3 is 23.4 Å². The van der Waals surface area contributed by atoms with Gasteiger partial charge in [-0.1, -0.05) is 18.2 Å². The van der Waals surface area contributed by atoms with Crippen molar-refractivity contribution < 1.29 is 33.0 Å². The van der Waals surface area contributed by atoms with E-state index >= 15 is 0 Å². The van der Waals surface area contributed by atoms with E-state index in [9.17, 15) is 9.59 Å². The van der Waals surface area contributed by atoms with Crippen molar-refractivity contribution >= 4 is 23.4 Å². The van der Waals surface area contributed by atoms with Gasteiger partial charge in [-0.05, 0) is 60.3 Å². The Morgan fingerprint density at radius 3 is 2.34 bits per heavy atom. The molecule has 0 aliphatic heterocycles. The van der Waals surface area contributed by atoms with Gasteiger partial charge in [0, 0.05) is 13.0 Å². The average Bonchev–Trinajstić information content (AvgIpc) is 3.60. The topological polar surface area (TPSA) is 100 Å². The molecule has 0 fully saturated rings. The van der Waals surface area contributed by atoms with E-state index in [1.807, 2.05) is 48.7 Å². The van der Waals surface area contributed by atoms with Crippen LogP contribution in [0.1, 0.15) is 17.0 Å². The monoisotopic (exact) mass is 536 g/mol. The number of amides is 1. The van der Waals surface area contributed by atoms with Crippen LogP contribution < -0.4 is 14.2 Å². The number of benzene rings is 2. The highest BCUT2D eigenvalue weighted by atomic mass is 32.1. The Bertz CT molecular complexity index is 1330. The molecule has 0 unspecified atom stereocenters. The number of hydrogen-bond donors (Lipinski definition) is 0. The van der Waals surface area contributed by atoms with Crippen molar-refractivity contribution in [3.63, 3.8) is 0 Å². The lowest BCUT2D eigenvalue weighted by molar-refractivity contribution is -0.141. The summed E-state index contributed by atoms with van der Waals surface area (Å²) in [6.07, 6.45) is -0.0715. The standard InChI is InChI=1S/C28H28N2O7S/c1-19-24(29-27(36-19)25-5-4-16-38-25)14-15-35-22-8-6-20(7-9-22)17-30(18-26(31)34-3)28(32)37-23-12-10-21(33-2)11-13-23/h4-13,16H,14-15,17-18H2,1-3H3. The minimum atomic E-state index is -0.675. The van der Waals surface area contributed by atoms with Crippen molar-refractivity contribution in [2.45, 2.75) is 19.9 Å². The van der Waals surface area contributed by atoms with Gasteiger partial charge in [0.1, 0.15) is 29.6 Å². The molecule has 10 heteroatoms. The van der Waals surface area contributed by atoms with Crippen LogP contribution in [0.25, 0.3) is 10.8 Å². The summed E-state index contributed by atoms with van der Waals surface area (Å²) in [5, 5.41) is 1.99. The van der Waals surface area contributed by atoms with Crippen LogP contribution in [0.5, 0.6) is 17.2 Å². The minimum absolute atomic E-state index is 0.147. The third kappa shape index (κ3) is 7.13. The lowest BCUT2D eigenvalue weighted by atomic mass is 10.2. The number of aryl methyl sites for hydroxylation is 1. The number of thiophene rings is 1. The fraction of sp³-hybridized carbons (Fsp3) is 0.250.